The van der Waals surface area contributed by atoms with Gasteiger partial charge >= 0.3 is 0 Å². The summed E-state index contributed by atoms with van der Waals surface area (Å²) in [6.07, 6.45) is 2.34. The molecule has 8 nitrogen and oxygen atoms in total. The predicted molar refractivity (Wildman–Crippen MR) is 163 cm³/mol. The second kappa shape index (κ2) is 15.3. The Kier molecular flexibility index (Phi) is 11.9. The van der Waals surface area contributed by atoms with Crippen molar-refractivity contribution < 1.29 is 27.1 Å². The maximum absolute atomic E-state index is 13.9. The molecule has 0 bridgehead atoms. The van der Waals surface area contributed by atoms with Gasteiger partial charge in [0.1, 0.15) is 17.6 Å². The molecule has 0 aliphatic carbocycles. The van der Waals surface area contributed by atoms with Gasteiger partial charge in [0, 0.05) is 38.0 Å². The Morgan fingerprint density at radius 2 is 1.67 bits per heavy atom. The Bertz CT molecular complexity index is 1420. The summed E-state index contributed by atoms with van der Waals surface area (Å²) in [7, 11) is -2.15. The Balaban J connectivity index is 1.89. The molecular weight excluding hydrogens is 557 g/mol. The Morgan fingerprint density at radius 3 is 2.29 bits per heavy atom. The number of amides is 2. The van der Waals surface area contributed by atoms with Gasteiger partial charge in [-0.1, -0.05) is 55.5 Å². The van der Waals surface area contributed by atoms with E-state index >= 15 is 0 Å². The van der Waals surface area contributed by atoms with Crippen LogP contribution in [0.5, 0.6) is 5.75 Å². The molecule has 0 aliphatic rings. The van der Waals surface area contributed by atoms with Crippen LogP contribution in [0.1, 0.15) is 44.2 Å². The zero-order valence-electron chi connectivity index (χ0n) is 24.6. The topological polar surface area (TPSA) is 96.0 Å². The minimum absolute atomic E-state index is 0.000909. The standard InChI is InChI=1S/C32H40FN3O5S/c1-5-24(2)34-32(38)30(21-25-11-7-6-8-12-25)35(23-26-16-18-27(33)19-17-26)31(37)15-10-20-36(42(4,39)40)28-13-9-14-29(22-28)41-3/h6-9,11-14,16-19,22,24,30H,5,10,15,20-21,23H2,1-4H3,(H,34,38). The Morgan fingerprint density at radius 1 is 0.976 bits per heavy atom. The first kappa shape index (κ1) is 32.6. The second-order valence-electron chi connectivity index (χ2n) is 10.3. The molecule has 0 radical (unpaired) electrons. The number of nitrogens with zero attached hydrogens (tertiary/aromatic N) is 2. The molecule has 3 aromatic carbocycles. The molecule has 0 heterocycles. The number of carbonyl (C=O) groups excluding carboxylic acids is 2. The highest BCUT2D eigenvalue weighted by Gasteiger charge is 2.31. The number of hydrogen-bond donors (Lipinski definition) is 1. The van der Waals surface area contributed by atoms with Crippen LogP contribution < -0.4 is 14.4 Å². The number of carbonyl (C=O) groups is 2. The van der Waals surface area contributed by atoms with Crippen LogP contribution >= 0.6 is 0 Å². The van der Waals surface area contributed by atoms with E-state index in [2.05, 4.69) is 5.32 Å². The molecule has 0 aliphatic heterocycles. The smallest absolute Gasteiger partial charge is 0.243 e. The first-order valence-corrected chi connectivity index (χ1v) is 15.9. The molecule has 3 rings (SSSR count). The number of benzene rings is 3. The normalized spacial score (nSPS) is 12.7. The van der Waals surface area contributed by atoms with E-state index in [-0.39, 0.29) is 50.2 Å². The predicted octanol–water partition coefficient (Wildman–Crippen LogP) is 4.94. The quantitative estimate of drug-likeness (QED) is 0.268. The summed E-state index contributed by atoms with van der Waals surface area (Å²) in [5, 5.41) is 3.01. The summed E-state index contributed by atoms with van der Waals surface area (Å²) in [6.45, 7) is 4.02. The molecule has 1 N–H and O–H groups in total. The lowest BCUT2D eigenvalue weighted by Gasteiger charge is -2.32. The van der Waals surface area contributed by atoms with Crippen LogP contribution in [-0.2, 0) is 32.6 Å². The van der Waals surface area contributed by atoms with E-state index in [4.69, 9.17) is 4.74 Å². The summed E-state index contributed by atoms with van der Waals surface area (Å²) in [5.74, 6) is -0.472. The van der Waals surface area contributed by atoms with Gasteiger partial charge in [-0.3, -0.25) is 13.9 Å². The summed E-state index contributed by atoms with van der Waals surface area (Å²) in [4.78, 5) is 29.0. The molecule has 0 saturated heterocycles. The molecule has 2 amide bonds. The van der Waals surface area contributed by atoms with Crippen molar-refractivity contribution in [3.8, 4) is 5.75 Å². The molecule has 3 aromatic rings. The van der Waals surface area contributed by atoms with Crippen LogP contribution in [0.2, 0.25) is 0 Å². The average Bonchev–Trinajstić information content (AvgIpc) is 2.97. The van der Waals surface area contributed by atoms with Crippen molar-refractivity contribution in [1.82, 2.24) is 10.2 Å². The van der Waals surface area contributed by atoms with E-state index in [1.54, 1.807) is 36.4 Å². The minimum atomic E-state index is -3.65. The van der Waals surface area contributed by atoms with Crippen LogP contribution in [0, 0.1) is 5.82 Å². The lowest BCUT2D eigenvalue weighted by molar-refractivity contribution is -0.141. The Labute approximate surface area is 248 Å². The minimum Gasteiger partial charge on any atom is -0.497 e. The van der Waals surface area contributed by atoms with Gasteiger partial charge in [0.25, 0.3) is 0 Å². The van der Waals surface area contributed by atoms with E-state index in [1.165, 1.54) is 28.4 Å². The van der Waals surface area contributed by atoms with Crippen LogP contribution in [-0.4, -0.2) is 57.1 Å². The molecule has 42 heavy (non-hydrogen) atoms. The first-order valence-electron chi connectivity index (χ1n) is 14.0. The van der Waals surface area contributed by atoms with Crippen molar-refractivity contribution in [2.24, 2.45) is 0 Å². The zero-order valence-corrected chi connectivity index (χ0v) is 25.4. The third kappa shape index (κ3) is 9.58. The molecule has 2 atom stereocenters. The highest BCUT2D eigenvalue weighted by atomic mass is 32.2. The maximum atomic E-state index is 13.9. The number of halogens is 1. The van der Waals surface area contributed by atoms with Crippen molar-refractivity contribution in [1.29, 1.82) is 0 Å². The molecule has 10 heteroatoms. The van der Waals surface area contributed by atoms with Crippen LogP contribution in [0.25, 0.3) is 0 Å². The van der Waals surface area contributed by atoms with Gasteiger partial charge in [0.15, 0.2) is 0 Å². The van der Waals surface area contributed by atoms with Crippen molar-refractivity contribution in [3.05, 3.63) is 95.8 Å². The third-order valence-electron chi connectivity index (χ3n) is 7.03. The van der Waals surface area contributed by atoms with E-state index in [9.17, 15) is 22.4 Å². The van der Waals surface area contributed by atoms with Crippen molar-refractivity contribution in [3.63, 3.8) is 0 Å². The molecular formula is C32H40FN3O5S. The first-order chi connectivity index (χ1) is 20.0. The number of sulfonamides is 1. The van der Waals surface area contributed by atoms with Gasteiger partial charge in [0.05, 0.1) is 19.1 Å². The number of rotatable bonds is 15. The summed E-state index contributed by atoms with van der Waals surface area (Å²) in [5.41, 5.74) is 2.00. The number of methoxy groups -OCH3 is 1. The second-order valence-corrected chi connectivity index (χ2v) is 12.2. The number of anilines is 1. The fraction of sp³-hybridized carbons (Fsp3) is 0.375. The number of hydrogen-bond acceptors (Lipinski definition) is 5. The zero-order chi connectivity index (χ0) is 30.7. The van der Waals surface area contributed by atoms with E-state index in [0.29, 0.717) is 17.0 Å². The number of nitrogens with one attached hydrogen (secondary N) is 1. The van der Waals surface area contributed by atoms with Crippen LogP contribution in [0.4, 0.5) is 10.1 Å². The largest absolute Gasteiger partial charge is 0.497 e. The molecule has 0 aromatic heterocycles. The molecule has 0 saturated carbocycles. The van der Waals surface area contributed by atoms with Gasteiger partial charge < -0.3 is 15.0 Å². The van der Waals surface area contributed by atoms with Gasteiger partial charge in [-0.05, 0) is 55.2 Å². The lowest BCUT2D eigenvalue weighted by atomic mass is 10.0. The summed E-state index contributed by atoms with van der Waals surface area (Å²) in [6, 6.07) is 21.1. The SMILES string of the molecule is CCC(C)NC(=O)C(Cc1ccccc1)N(Cc1ccc(F)cc1)C(=O)CCCN(c1cccc(OC)c1)S(C)(=O)=O. The molecule has 0 fully saturated rings. The van der Waals surface area contributed by atoms with E-state index in [1.807, 2.05) is 44.2 Å². The third-order valence-corrected chi connectivity index (χ3v) is 8.23. The lowest BCUT2D eigenvalue weighted by Crippen LogP contribution is -2.52. The maximum Gasteiger partial charge on any atom is 0.243 e. The molecule has 226 valence electrons. The highest BCUT2D eigenvalue weighted by Crippen LogP contribution is 2.24. The van der Waals surface area contributed by atoms with E-state index < -0.39 is 21.9 Å². The highest BCUT2D eigenvalue weighted by molar-refractivity contribution is 7.92. The van der Waals surface area contributed by atoms with Crippen molar-refractivity contribution >= 4 is 27.5 Å². The fourth-order valence-corrected chi connectivity index (χ4v) is 5.51. The molecule has 2 unspecified atom stereocenters. The van der Waals surface area contributed by atoms with Gasteiger partial charge in [-0.15, -0.1) is 0 Å². The van der Waals surface area contributed by atoms with Crippen molar-refractivity contribution in [2.75, 3.05) is 24.2 Å². The number of ether oxygens (including phenoxy) is 1. The average molecular weight is 598 g/mol. The van der Waals surface area contributed by atoms with Crippen LogP contribution in [0.3, 0.4) is 0 Å². The fourth-order valence-electron chi connectivity index (χ4n) is 4.55. The van der Waals surface area contributed by atoms with Gasteiger partial charge in [-0.2, -0.15) is 0 Å². The van der Waals surface area contributed by atoms with Gasteiger partial charge in [0.2, 0.25) is 21.8 Å². The Hall–Kier alpha value is -3.92. The van der Waals surface area contributed by atoms with Crippen molar-refractivity contribution in [2.45, 2.75) is 58.2 Å². The summed E-state index contributed by atoms with van der Waals surface area (Å²) >= 11 is 0. The summed E-state index contributed by atoms with van der Waals surface area (Å²) < 4.78 is 45.4. The van der Waals surface area contributed by atoms with Crippen LogP contribution in [0.15, 0.2) is 78.9 Å². The van der Waals surface area contributed by atoms with Gasteiger partial charge in [-0.25, -0.2) is 12.8 Å². The monoisotopic (exact) mass is 597 g/mol. The molecule has 0 spiro atoms. The van der Waals surface area contributed by atoms with E-state index in [0.717, 1.165) is 18.2 Å².